The first-order chi connectivity index (χ1) is 20.8. The Balaban J connectivity index is 1.66. The summed E-state index contributed by atoms with van der Waals surface area (Å²) in [5.74, 6) is 0.930. The zero-order valence-electron chi connectivity index (χ0n) is 26.3. The van der Waals surface area contributed by atoms with Gasteiger partial charge < -0.3 is 25.5 Å². The Morgan fingerprint density at radius 1 is 0.512 bits per heavy atom. The zero-order chi connectivity index (χ0) is 30.8. The average Bonchev–Trinajstić information content (AvgIpc) is 2.99. The lowest BCUT2D eigenvalue weighted by Gasteiger charge is -2.25. The van der Waals surface area contributed by atoms with E-state index in [2.05, 4.69) is 19.9 Å². The summed E-state index contributed by atoms with van der Waals surface area (Å²) in [4.78, 5) is 0. The Labute approximate surface area is 258 Å². The van der Waals surface area contributed by atoms with Crippen LogP contribution in [0.25, 0.3) is 0 Å². The molecule has 5 nitrogen and oxygen atoms in total. The molecule has 0 bridgehead atoms. The van der Waals surface area contributed by atoms with E-state index in [0.717, 1.165) is 117 Å². The van der Waals surface area contributed by atoms with Gasteiger partial charge in [0.1, 0.15) is 28.7 Å². The summed E-state index contributed by atoms with van der Waals surface area (Å²) in [5, 5.41) is 54.2. The fourth-order valence-corrected chi connectivity index (χ4v) is 6.69. The zero-order valence-corrected chi connectivity index (χ0v) is 26.3. The number of unbranched alkanes of at least 4 members (excludes halogenated alkanes) is 6. The van der Waals surface area contributed by atoms with Crippen molar-refractivity contribution < 1.29 is 25.5 Å². The molecule has 3 aromatic carbocycles. The summed E-state index contributed by atoms with van der Waals surface area (Å²) in [7, 11) is 0. The summed E-state index contributed by atoms with van der Waals surface area (Å²) in [6.07, 6.45) is 16.7. The number of phenols is 5. The molecule has 0 unspecified atom stereocenters. The molecule has 0 radical (unpaired) electrons. The topological polar surface area (TPSA) is 101 Å². The van der Waals surface area contributed by atoms with Gasteiger partial charge in [0.2, 0.25) is 0 Å². The molecule has 0 aliphatic heterocycles. The van der Waals surface area contributed by atoms with Crippen molar-refractivity contribution >= 4 is 0 Å². The van der Waals surface area contributed by atoms with Gasteiger partial charge in [-0.2, -0.15) is 0 Å². The van der Waals surface area contributed by atoms with Crippen LogP contribution in [-0.4, -0.2) is 25.5 Å². The molecular formula is C38H52O5. The minimum Gasteiger partial charge on any atom is -0.508 e. The van der Waals surface area contributed by atoms with Gasteiger partial charge in [0.15, 0.2) is 0 Å². The van der Waals surface area contributed by atoms with Crippen molar-refractivity contribution in [1.29, 1.82) is 0 Å². The fourth-order valence-electron chi connectivity index (χ4n) is 6.69. The second kappa shape index (κ2) is 15.9. The molecule has 234 valence electrons. The fraction of sp³-hybridized carbons (Fsp3) is 0.526. The van der Waals surface area contributed by atoms with Crippen LogP contribution >= 0.6 is 0 Å². The van der Waals surface area contributed by atoms with Crippen molar-refractivity contribution in [1.82, 2.24) is 0 Å². The number of phenolic OH excluding ortho intramolecular Hbond substituents is 5. The maximum atomic E-state index is 11.6. The normalized spacial score (nSPS) is 13.9. The highest BCUT2D eigenvalue weighted by Crippen LogP contribution is 2.42. The lowest BCUT2D eigenvalue weighted by atomic mass is 9.81. The molecule has 1 aliphatic carbocycles. The predicted molar refractivity (Wildman–Crippen MR) is 175 cm³/mol. The lowest BCUT2D eigenvalue weighted by Crippen LogP contribution is -2.07. The van der Waals surface area contributed by atoms with Crippen LogP contribution in [-0.2, 0) is 25.7 Å². The van der Waals surface area contributed by atoms with Crippen molar-refractivity contribution in [2.45, 2.75) is 129 Å². The number of aromatic hydroxyl groups is 5. The van der Waals surface area contributed by atoms with Crippen LogP contribution in [0.15, 0.2) is 36.4 Å². The van der Waals surface area contributed by atoms with E-state index in [9.17, 15) is 25.5 Å². The van der Waals surface area contributed by atoms with Gasteiger partial charge in [0, 0.05) is 25.0 Å². The minimum absolute atomic E-state index is 0.0303. The summed E-state index contributed by atoms with van der Waals surface area (Å²) in [5.41, 5.74) is 5.81. The Bertz CT molecular complexity index is 1340. The van der Waals surface area contributed by atoms with Crippen LogP contribution in [0.5, 0.6) is 28.7 Å². The maximum absolute atomic E-state index is 11.6. The Kier molecular flexibility index (Phi) is 12.1. The number of hydrogen-bond acceptors (Lipinski definition) is 5. The first kappa shape index (κ1) is 32.6. The SMILES string of the molecule is CCCCCCc1cc(Cc2cc(Cc3cc(CCCCCC)c(O)cc3O)c(O)c(C3CCCCC3)c2)c(O)cc1O. The average molecular weight is 589 g/mol. The van der Waals surface area contributed by atoms with E-state index < -0.39 is 0 Å². The molecule has 5 heteroatoms. The van der Waals surface area contributed by atoms with E-state index in [1.54, 1.807) is 0 Å². The number of hydrogen-bond donors (Lipinski definition) is 5. The third kappa shape index (κ3) is 8.84. The monoisotopic (exact) mass is 588 g/mol. The molecule has 0 amide bonds. The molecule has 5 N–H and O–H groups in total. The molecular weight excluding hydrogens is 536 g/mol. The Morgan fingerprint density at radius 3 is 1.56 bits per heavy atom. The van der Waals surface area contributed by atoms with E-state index in [0.29, 0.717) is 24.2 Å². The molecule has 0 spiro atoms. The van der Waals surface area contributed by atoms with Crippen molar-refractivity contribution in [3.8, 4) is 28.7 Å². The van der Waals surface area contributed by atoms with E-state index in [1.807, 2.05) is 18.2 Å². The Morgan fingerprint density at radius 2 is 1.02 bits per heavy atom. The molecule has 0 aromatic heterocycles. The largest absolute Gasteiger partial charge is 0.508 e. The molecule has 4 rings (SSSR count). The molecule has 0 heterocycles. The van der Waals surface area contributed by atoms with Crippen LogP contribution in [0, 0.1) is 0 Å². The van der Waals surface area contributed by atoms with Gasteiger partial charge in [0.05, 0.1) is 0 Å². The summed E-state index contributed by atoms with van der Waals surface area (Å²) >= 11 is 0. The number of aryl methyl sites for hydroxylation is 2. The summed E-state index contributed by atoms with van der Waals surface area (Å²) in [6.45, 7) is 4.36. The first-order valence-electron chi connectivity index (χ1n) is 16.7. The van der Waals surface area contributed by atoms with Gasteiger partial charge in [-0.05, 0) is 95.5 Å². The molecule has 43 heavy (non-hydrogen) atoms. The molecule has 1 saturated carbocycles. The van der Waals surface area contributed by atoms with Crippen molar-refractivity contribution in [3.63, 3.8) is 0 Å². The van der Waals surface area contributed by atoms with Gasteiger partial charge in [-0.25, -0.2) is 0 Å². The standard InChI is InChI=1S/C38H52O5/c1-3-5-7-10-16-28-21-30(36(41)24-34(28)39)18-26-19-32(38(43)33(20-26)27-14-12-9-13-15-27)23-31-22-29(17-11-8-6-4-2)35(40)25-37(31)42/h19-22,24-25,27,39-43H,3-18,23H2,1-2H3. The third-order valence-electron chi connectivity index (χ3n) is 9.26. The summed E-state index contributed by atoms with van der Waals surface area (Å²) in [6, 6.07) is 10.8. The predicted octanol–water partition coefficient (Wildman–Crippen LogP) is 9.69. The molecule has 1 fully saturated rings. The van der Waals surface area contributed by atoms with Gasteiger partial charge in [-0.3, -0.25) is 0 Å². The van der Waals surface area contributed by atoms with Gasteiger partial charge in [-0.1, -0.05) is 83.8 Å². The van der Waals surface area contributed by atoms with Crippen LogP contribution in [0.2, 0.25) is 0 Å². The first-order valence-corrected chi connectivity index (χ1v) is 16.7. The van der Waals surface area contributed by atoms with Crippen LogP contribution in [0.4, 0.5) is 0 Å². The number of rotatable bonds is 15. The van der Waals surface area contributed by atoms with Crippen molar-refractivity contribution in [2.24, 2.45) is 0 Å². The highest BCUT2D eigenvalue weighted by Gasteiger charge is 2.23. The second-order valence-electron chi connectivity index (χ2n) is 12.7. The highest BCUT2D eigenvalue weighted by atomic mass is 16.3. The van der Waals surface area contributed by atoms with E-state index >= 15 is 0 Å². The summed E-state index contributed by atoms with van der Waals surface area (Å²) < 4.78 is 0. The molecule has 1 aliphatic rings. The van der Waals surface area contributed by atoms with E-state index in [1.165, 1.54) is 25.0 Å². The van der Waals surface area contributed by atoms with Gasteiger partial charge in [-0.15, -0.1) is 0 Å². The van der Waals surface area contributed by atoms with Crippen molar-refractivity contribution in [3.05, 3.63) is 75.3 Å². The quantitative estimate of drug-likeness (QED) is 0.114. The van der Waals surface area contributed by atoms with E-state index in [-0.39, 0.29) is 28.9 Å². The van der Waals surface area contributed by atoms with E-state index in [4.69, 9.17) is 0 Å². The van der Waals surface area contributed by atoms with Crippen molar-refractivity contribution in [2.75, 3.05) is 0 Å². The van der Waals surface area contributed by atoms with Gasteiger partial charge in [0.25, 0.3) is 0 Å². The Hall–Kier alpha value is -3.34. The van der Waals surface area contributed by atoms with Crippen LogP contribution in [0.3, 0.4) is 0 Å². The second-order valence-corrected chi connectivity index (χ2v) is 12.7. The van der Waals surface area contributed by atoms with Crippen LogP contribution in [0.1, 0.15) is 142 Å². The van der Waals surface area contributed by atoms with Gasteiger partial charge >= 0.3 is 0 Å². The smallest absolute Gasteiger partial charge is 0.122 e. The maximum Gasteiger partial charge on any atom is 0.122 e. The molecule has 0 saturated heterocycles. The lowest BCUT2D eigenvalue weighted by molar-refractivity contribution is 0.411. The number of benzene rings is 3. The molecule has 0 atom stereocenters. The highest BCUT2D eigenvalue weighted by molar-refractivity contribution is 5.54. The molecule has 3 aromatic rings. The minimum atomic E-state index is 0.0303. The third-order valence-corrected chi connectivity index (χ3v) is 9.26. The van der Waals surface area contributed by atoms with Crippen LogP contribution < -0.4 is 0 Å².